The first-order valence-corrected chi connectivity index (χ1v) is 5.86. The molecule has 1 aromatic carbocycles. The molecule has 18 heavy (non-hydrogen) atoms. The summed E-state index contributed by atoms with van der Waals surface area (Å²) in [6.45, 7) is 2.77. The minimum Gasteiger partial charge on any atom is -0.399 e. The lowest BCUT2D eigenvalue weighted by Crippen LogP contribution is -2.38. The summed E-state index contributed by atoms with van der Waals surface area (Å²) >= 11 is 0. The summed E-state index contributed by atoms with van der Waals surface area (Å²) in [7, 11) is 0. The highest BCUT2D eigenvalue weighted by Crippen LogP contribution is 2.15. The number of anilines is 2. The van der Waals surface area contributed by atoms with E-state index in [0.717, 1.165) is 13.1 Å². The summed E-state index contributed by atoms with van der Waals surface area (Å²) in [5, 5.41) is 0.557. The van der Waals surface area contributed by atoms with E-state index < -0.39 is 0 Å². The number of aromatic nitrogens is 2. The molecular formula is C12H14N4O2. The van der Waals surface area contributed by atoms with Crippen molar-refractivity contribution in [2.24, 2.45) is 0 Å². The van der Waals surface area contributed by atoms with Crippen LogP contribution < -0.4 is 16.2 Å². The minimum atomic E-state index is -0.138. The Bertz CT molecular complexity index is 632. The molecule has 1 aliphatic heterocycles. The molecule has 0 bridgehead atoms. The molecule has 0 radical (unpaired) electrons. The summed E-state index contributed by atoms with van der Waals surface area (Å²) in [4.78, 5) is 21.2. The molecule has 94 valence electrons. The van der Waals surface area contributed by atoms with Gasteiger partial charge in [0.1, 0.15) is 0 Å². The average molecular weight is 246 g/mol. The Morgan fingerprint density at radius 2 is 2.11 bits per heavy atom. The van der Waals surface area contributed by atoms with Crippen LogP contribution in [0.3, 0.4) is 0 Å². The average Bonchev–Trinajstić information content (AvgIpc) is 2.39. The third kappa shape index (κ3) is 1.91. The number of nitrogens with two attached hydrogens (primary N) is 1. The van der Waals surface area contributed by atoms with Gasteiger partial charge in [-0.15, -0.1) is 0 Å². The van der Waals surface area contributed by atoms with Crippen LogP contribution in [0.25, 0.3) is 10.9 Å². The summed E-state index contributed by atoms with van der Waals surface area (Å²) in [6, 6.07) is 5.11. The van der Waals surface area contributed by atoms with Crippen molar-refractivity contribution in [3.8, 4) is 0 Å². The molecule has 1 aromatic heterocycles. The zero-order valence-electron chi connectivity index (χ0n) is 9.85. The Balaban J connectivity index is 2.10. The molecule has 1 aliphatic rings. The van der Waals surface area contributed by atoms with Crippen LogP contribution in [0.2, 0.25) is 0 Å². The van der Waals surface area contributed by atoms with E-state index in [1.54, 1.807) is 18.2 Å². The highest BCUT2D eigenvalue weighted by atomic mass is 16.5. The van der Waals surface area contributed by atoms with Gasteiger partial charge in [0.05, 0.1) is 24.1 Å². The van der Waals surface area contributed by atoms with E-state index in [2.05, 4.69) is 9.97 Å². The second-order valence-corrected chi connectivity index (χ2v) is 4.27. The first-order valence-electron chi connectivity index (χ1n) is 5.86. The number of nitrogen functional groups attached to an aromatic ring is 1. The van der Waals surface area contributed by atoms with Crippen molar-refractivity contribution in [3.05, 3.63) is 28.6 Å². The number of hydrogen-bond acceptors (Lipinski definition) is 5. The van der Waals surface area contributed by atoms with Crippen LogP contribution in [0.4, 0.5) is 11.6 Å². The maximum atomic E-state index is 12.0. The fourth-order valence-corrected chi connectivity index (χ4v) is 2.07. The largest absolute Gasteiger partial charge is 0.399 e. The van der Waals surface area contributed by atoms with Gasteiger partial charge < -0.3 is 15.4 Å². The Labute approximate surface area is 103 Å². The van der Waals surface area contributed by atoms with Gasteiger partial charge in [-0.3, -0.25) is 9.78 Å². The number of H-pyrrole nitrogens is 1. The summed E-state index contributed by atoms with van der Waals surface area (Å²) < 4.78 is 5.28. The zero-order valence-corrected chi connectivity index (χ0v) is 9.85. The van der Waals surface area contributed by atoms with E-state index in [9.17, 15) is 4.79 Å². The molecule has 6 nitrogen and oxygen atoms in total. The van der Waals surface area contributed by atoms with Gasteiger partial charge in [-0.05, 0) is 18.2 Å². The molecule has 0 unspecified atom stereocenters. The van der Waals surface area contributed by atoms with E-state index in [4.69, 9.17) is 10.5 Å². The van der Waals surface area contributed by atoms with Crippen LogP contribution >= 0.6 is 0 Å². The van der Waals surface area contributed by atoms with E-state index in [-0.39, 0.29) is 5.56 Å². The summed E-state index contributed by atoms with van der Waals surface area (Å²) in [5.74, 6) is 0.585. The van der Waals surface area contributed by atoms with Gasteiger partial charge in [0, 0.05) is 18.8 Å². The number of aromatic amines is 1. The number of nitrogens with zero attached hydrogens (tertiary/aromatic N) is 2. The fourth-order valence-electron chi connectivity index (χ4n) is 2.07. The van der Waals surface area contributed by atoms with Crippen LogP contribution in [-0.4, -0.2) is 36.3 Å². The van der Waals surface area contributed by atoms with Crippen molar-refractivity contribution in [2.45, 2.75) is 0 Å². The first kappa shape index (κ1) is 11.0. The fraction of sp³-hybridized carbons (Fsp3) is 0.333. The molecule has 0 aliphatic carbocycles. The lowest BCUT2D eigenvalue weighted by atomic mass is 10.2. The molecule has 1 fully saturated rings. The van der Waals surface area contributed by atoms with Gasteiger partial charge in [0.25, 0.3) is 5.56 Å². The topological polar surface area (TPSA) is 84.2 Å². The molecule has 0 atom stereocenters. The third-order valence-corrected chi connectivity index (χ3v) is 3.03. The van der Waals surface area contributed by atoms with Gasteiger partial charge in [-0.1, -0.05) is 0 Å². The van der Waals surface area contributed by atoms with Crippen molar-refractivity contribution < 1.29 is 4.74 Å². The van der Waals surface area contributed by atoms with Crippen LogP contribution in [0.1, 0.15) is 0 Å². The van der Waals surface area contributed by atoms with Crippen molar-refractivity contribution in [1.82, 2.24) is 9.97 Å². The molecule has 0 saturated carbocycles. The second-order valence-electron chi connectivity index (χ2n) is 4.27. The van der Waals surface area contributed by atoms with Crippen LogP contribution in [-0.2, 0) is 4.74 Å². The first-order chi connectivity index (χ1) is 8.74. The van der Waals surface area contributed by atoms with Crippen molar-refractivity contribution in [1.29, 1.82) is 0 Å². The molecule has 0 spiro atoms. The number of ether oxygens (including phenoxy) is 1. The maximum Gasteiger partial charge on any atom is 0.260 e. The number of benzene rings is 1. The van der Waals surface area contributed by atoms with Crippen LogP contribution in [0.15, 0.2) is 23.0 Å². The van der Waals surface area contributed by atoms with Gasteiger partial charge in [0.15, 0.2) is 0 Å². The molecule has 2 aromatic rings. The van der Waals surface area contributed by atoms with Gasteiger partial charge in [-0.2, -0.15) is 0 Å². The monoisotopic (exact) mass is 246 g/mol. The number of hydrogen-bond donors (Lipinski definition) is 2. The van der Waals surface area contributed by atoms with Crippen molar-refractivity contribution >= 4 is 22.5 Å². The number of rotatable bonds is 1. The maximum absolute atomic E-state index is 12.0. The predicted molar refractivity (Wildman–Crippen MR) is 69.8 cm³/mol. The van der Waals surface area contributed by atoms with Crippen LogP contribution in [0, 0.1) is 0 Å². The Hall–Kier alpha value is -2.08. The van der Waals surface area contributed by atoms with Gasteiger partial charge in [-0.25, -0.2) is 4.98 Å². The summed E-state index contributed by atoms with van der Waals surface area (Å²) in [6.07, 6.45) is 0. The Morgan fingerprint density at radius 3 is 2.89 bits per heavy atom. The van der Waals surface area contributed by atoms with E-state index in [1.165, 1.54) is 0 Å². The highest BCUT2D eigenvalue weighted by molar-refractivity contribution is 5.81. The quantitative estimate of drug-likeness (QED) is 0.709. The molecule has 6 heteroatoms. The standard InChI is InChI=1S/C12H14N4O2/c13-8-1-2-9-10(7-8)14-12(15-11(9)17)16-3-5-18-6-4-16/h1-2,7H,3-6,13H2,(H,14,15,17). The Morgan fingerprint density at radius 1 is 1.33 bits per heavy atom. The van der Waals surface area contributed by atoms with Crippen LogP contribution in [0.5, 0.6) is 0 Å². The van der Waals surface area contributed by atoms with Gasteiger partial charge >= 0.3 is 0 Å². The van der Waals surface area contributed by atoms with E-state index in [1.807, 2.05) is 4.90 Å². The zero-order chi connectivity index (χ0) is 12.5. The smallest absolute Gasteiger partial charge is 0.260 e. The molecule has 2 heterocycles. The highest BCUT2D eigenvalue weighted by Gasteiger charge is 2.14. The number of fused-ring (bicyclic) bond motifs is 1. The third-order valence-electron chi connectivity index (χ3n) is 3.03. The lowest BCUT2D eigenvalue weighted by Gasteiger charge is -2.27. The molecule has 0 amide bonds. The normalized spacial score (nSPS) is 16.1. The second kappa shape index (κ2) is 4.30. The molecule has 3 N–H and O–H groups in total. The molecular weight excluding hydrogens is 232 g/mol. The van der Waals surface area contributed by atoms with Crippen molar-refractivity contribution in [2.75, 3.05) is 36.9 Å². The lowest BCUT2D eigenvalue weighted by molar-refractivity contribution is 0.122. The summed E-state index contributed by atoms with van der Waals surface area (Å²) in [5.41, 5.74) is 6.81. The van der Waals surface area contributed by atoms with Gasteiger partial charge in [0.2, 0.25) is 5.95 Å². The number of nitrogens with one attached hydrogen (secondary N) is 1. The molecule has 1 saturated heterocycles. The van der Waals surface area contributed by atoms with E-state index in [0.29, 0.717) is 35.8 Å². The Kier molecular flexibility index (Phi) is 2.64. The SMILES string of the molecule is Nc1ccc2c(=O)[nH]c(N3CCOCC3)nc2c1. The van der Waals surface area contributed by atoms with Crippen molar-refractivity contribution in [3.63, 3.8) is 0 Å². The predicted octanol–water partition coefficient (Wildman–Crippen LogP) is 0.342. The van der Waals surface area contributed by atoms with E-state index >= 15 is 0 Å². The minimum absolute atomic E-state index is 0.138. The number of morpholine rings is 1. The molecule has 3 rings (SSSR count).